The standard InChI is InChI=1S/C23H20BrN3O5/c1-23(2,12-6-8-13(24)9-7-12)26-19(29)14-4-3-5-15-18(14)22(32)27(21(15)31)16-10-11-17(28)25-20(16)30/h3-9,16H,10-11H2,1-2H3,(H,26,29)(H,25,28,30). The Labute approximate surface area is 192 Å². The number of rotatable bonds is 4. The molecule has 2 N–H and O–H groups in total. The van der Waals surface area contributed by atoms with Crippen LogP contribution in [0.2, 0.25) is 0 Å². The highest BCUT2D eigenvalue weighted by atomic mass is 79.9. The number of piperidine rings is 1. The van der Waals surface area contributed by atoms with Crippen LogP contribution < -0.4 is 10.6 Å². The maximum absolute atomic E-state index is 13.2. The zero-order valence-corrected chi connectivity index (χ0v) is 19.0. The number of hydrogen-bond donors (Lipinski definition) is 2. The normalized spacial score (nSPS) is 18.5. The molecule has 5 amide bonds. The van der Waals surface area contributed by atoms with Gasteiger partial charge in [-0.2, -0.15) is 0 Å². The molecule has 9 heteroatoms. The molecule has 1 saturated heterocycles. The lowest BCUT2D eigenvalue weighted by molar-refractivity contribution is -0.136. The van der Waals surface area contributed by atoms with E-state index >= 15 is 0 Å². The van der Waals surface area contributed by atoms with Crippen LogP contribution >= 0.6 is 15.9 Å². The third-order valence-corrected chi connectivity index (χ3v) is 6.23. The third-order valence-electron chi connectivity index (χ3n) is 5.70. The van der Waals surface area contributed by atoms with Gasteiger partial charge in [-0.1, -0.05) is 34.1 Å². The molecule has 8 nitrogen and oxygen atoms in total. The van der Waals surface area contributed by atoms with Crippen molar-refractivity contribution in [1.29, 1.82) is 0 Å². The lowest BCUT2D eigenvalue weighted by Gasteiger charge is -2.28. The van der Waals surface area contributed by atoms with E-state index in [0.29, 0.717) is 0 Å². The van der Waals surface area contributed by atoms with Gasteiger partial charge in [0.05, 0.1) is 22.2 Å². The number of nitrogens with one attached hydrogen (secondary N) is 2. The van der Waals surface area contributed by atoms with Crippen LogP contribution in [0.5, 0.6) is 0 Å². The number of benzene rings is 2. The highest BCUT2D eigenvalue weighted by molar-refractivity contribution is 9.10. The minimum Gasteiger partial charge on any atom is -0.343 e. The molecule has 2 aromatic rings. The summed E-state index contributed by atoms with van der Waals surface area (Å²) in [7, 11) is 0. The number of amides is 5. The molecule has 0 spiro atoms. The molecule has 32 heavy (non-hydrogen) atoms. The van der Waals surface area contributed by atoms with Crippen LogP contribution in [0.15, 0.2) is 46.9 Å². The summed E-state index contributed by atoms with van der Waals surface area (Å²) in [6, 6.07) is 10.9. The van der Waals surface area contributed by atoms with E-state index < -0.39 is 41.1 Å². The summed E-state index contributed by atoms with van der Waals surface area (Å²) in [4.78, 5) is 63.9. The Morgan fingerprint density at radius 3 is 2.41 bits per heavy atom. The summed E-state index contributed by atoms with van der Waals surface area (Å²) < 4.78 is 0.905. The molecule has 0 aliphatic carbocycles. The lowest BCUT2D eigenvalue weighted by Crippen LogP contribution is -2.54. The Morgan fingerprint density at radius 2 is 1.75 bits per heavy atom. The number of halogens is 1. The van der Waals surface area contributed by atoms with Gasteiger partial charge in [-0.05, 0) is 50.1 Å². The Bertz CT molecular complexity index is 1170. The van der Waals surface area contributed by atoms with Gasteiger partial charge in [0.2, 0.25) is 11.8 Å². The summed E-state index contributed by atoms with van der Waals surface area (Å²) in [6.45, 7) is 3.67. The van der Waals surface area contributed by atoms with Crippen molar-refractivity contribution in [3.05, 3.63) is 69.2 Å². The summed E-state index contributed by atoms with van der Waals surface area (Å²) in [5.41, 5.74) is 0.185. The summed E-state index contributed by atoms with van der Waals surface area (Å²) in [6.07, 6.45) is 0.0762. The van der Waals surface area contributed by atoms with Crippen LogP contribution in [0, 0.1) is 0 Å². The Kier molecular flexibility index (Phi) is 5.46. The molecule has 2 aromatic carbocycles. The van der Waals surface area contributed by atoms with Gasteiger partial charge >= 0.3 is 0 Å². The van der Waals surface area contributed by atoms with Crippen molar-refractivity contribution < 1.29 is 24.0 Å². The van der Waals surface area contributed by atoms with E-state index in [0.717, 1.165) is 14.9 Å². The average molecular weight is 498 g/mol. The monoisotopic (exact) mass is 497 g/mol. The molecule has 2 aliphatic heterocycles. The first kappa shape index (κ1) is 21.9. The van der Waals surface area contributed by atoms with Crippen molar-refractivity contribution in [3.63, 3.8) is 0 Å². The summed E-state index contributed by atoms with van der Waals surface area (Å²) >= 11 is 3.38. The molecule has 0 aromatic heterocycles. The second kappa shape index (κ2) is 7.98. The first-order chi connectivity index (χ1) is 15.1. The van der Waals surface area contributed by atoms with Gasteiger partial charge in [0.15, 0.2) is 0 Å². The van der Waals surface area contributed by atoms with Gasteiger partial charge in [0.1, 0.15) is 6.04 Å². The van der Waals surface area contributed by atoms with E-state index in [-0.39, 0.29) is 29.5 Å². The van der Waals surface area contributed by atoms with Crippen molar-refractivity contribution in [2.75, 3.05) is 0 Å². The van der Waals surface area contributed by atoms with Gasteiger partial charge in [-0.15, -0.1) is 0 Å². The fourth-order valence-electron chi connectivity index (χ4n) is 3.99. The molecule has 0 bridgehead atoms. The van der Waals surface area contributed by atoms with Crippen molar-refractivity contribution in [2.24, 2.45) is 0 Å². The smallest absolute Gasteiger partial charge is 0.263 e. The largest absolute Gasteiger partial charge is 0.343 e. The SMILES string of the molecule is CC(C)(NC(=O)c1cccc2c1C(=O)N(C1CCC(=O)NC1=O)C2=O)c1ccc(Br)cc1. The highest BCUT2D eigenvalue weighted by Gasteiger charge is 2.46. The predicted octanol–water partition coefficient (Wildman–Crippen LogP) is 2.52. The molecular formula is C23H20BrN3O5. The molecule has 4 rings (SSSR count). The first-order valence-electron chi connectivity index (χ1n) is 10.0. The van der Waals surface area contributed by atoms with E-state index in [4.69, 9.17) is 0 Å². The molecular weight excluding hydrogens is 478 g/mol. The van der Waals surface area contributed by atoms with Crippen molar-refractivity contribution in [3.8, 4) is 0 Å². The maximum atomic E-state index is 13.2. The van der Waals surface area contributed by atoms with Crippen LogP contribution in [0.4, 0.5) is 0 Å². The Morgan fingerprint density at radius 1 is 1.06 bits per heavy atom. The molecule has 2 heterocycles. The average Bonchev–Trinajstić information content (AvgIpc) is 2.99. The summed E-state index contributed by atoms with van der Waals surface area (Å²) in [5.74, 6) is -3.02. The molecule has 1 fully saturated rings. The van der Waals surface area contributed by atoms with E-state index in [2.05, 4.69) is 26.6 Å². The second-order valence-electron chi connectivity index (χ2n) is 8.26. The zero-order chi connectivity index (χ0) is 23.2. The molecule has 2 aliphatic rings. The fraction of sp³-hybridized carbons (Fsp3) is 0.261. The quantitative estimate of drug-likeness (QED) is 0.630. The van der Waals surface area contributed by atoms with E-state index in [1.54, 1.807) is 0 Å². The maximum Gasteiger partial charge on any atom is 0.263 e. The van der Waals surface area contributed by atoms with Crippen molar-refractivity contribution in [1.82, 2.24) is 15.5 Å². The van der Waals surface area contributed by atoms with Gasteiger partial charge < -0.3 is 5.32 Å². The molecule has 0 saturated carbocycles. The Hall–Kier alpha value is -3.33. The number of hydrogen-bond acceptors (Lipinski definition) is 5. The van der Waals surface area contributed by atoms with Crippen LogP contribution in [-0.4, -0.2) is 40.5 Å². The van der Waals surface area contributed by atoms with Gasteiger partial charge in [0, 0.05) is 10.9 Å². The topological polar surface area (TPSA) is 113 Å². The number of carbonyl (C=O) groups is 5. The van der Waals surface area contributed by atoms with E-state index in [1.807, 2.05) is 38.1 Å². The summed E-state index contributed by atoms with van der Waals surface area (Å²) in [5, 5.41) is 5.08. The van der Waals surface area contributed by atoms with E-state index in [9.17, 15) is 24.0 Å². The first-order valence-corrected chi connectivity index (χ1v) is 10.8. The van der Waals surface area contributed by atoms with Gasteiger partial charge in [-0.25, -0.2) is 0 Å². The van der Waals surface area contributed by atoms with Gasteiger partial charge in [-0.3, -0.25) is 34.2 Å². The lowest BCUT2D eigenvalue weighted by atomic mass is 9.93. The number of nitrogens with zero attached hydrogens (tertiary/aromatic N) is 1. The fourth-order valence-corrected chi connectivity index (χ4v) is 4.26. The molecule has 1 unspecified atom stereocenters. The second-order valence-corrected chi connectivity index (χ2v) is 9.18. The van der Waals surface area contributed by atoms with Crippen LogP contribution in [-0.2, 0) is 15.1 Å². The van der Waals surface area contributed by atoms with Gasteiger partial charge in [0.25, 0.3) is 17.7 Å². The minimum atomic E-state index is -1.09. The molecule has 1 atom stereocenters. The van der Waals surface area contributed by atoms with Crippen molar-refractivity contribution >= 4 is 45.5 Å². The van der Waals surface area contributed by atoms with Crippen LogP contribution in [0.25, 0.3) is 0 Å². The Balaban J connectivity index is 1.64. The van der Waals surface area contributed by atoms with E-state index in [1.165, 1.54) is 18.2 Å². The third kappa shape index (κ3) is 3.73. The highest BCUT2D eigenvalue weighted by Crippen LogP contribution is 2.31. The minimum absolute atomic E-state index is 0.0263. The predicted molar refractivity (Wildman–Crippen MR) is 118 cm³/mol. The van der Waals surface area contributed by atoms with Crippen LogP contribution in [0.1, 0.15) is 63.3 Å². The molecule has 0 radical (unpaired) electrons. The van der Waals surface area contributed by atoms with Crippen molar-refractivity contribution in [2.45, 2.75) is 38.3 Å². The van der Waals surface area contributed by atoms with Crippen LogP contribution in [0.3, 0.4) is 0 Å². The number of imide groups is 2. The number of carbonyl (C=O) groups excluding carboxylic acids is 5. The number of fused-ring (bicyclic) bond motifs is 1. The molecule has 164 valence electrons. The zero-order valence-electron chi connectivity index (χ0n) is 17.4.